The first-order chi connectivity index (χ1) is 5.43. The maximum absolute atomic E-state index is 2.30. The SMILES string of the molecule is CCCCCCC1C=CC=C1.[H-].[K+]. The van der Waals surface area contributed by atoms with Crippen LogP contribution in [0.4, 0.5) is 0 Å². The molecule has 0 fully saturated rings. The summed E-state index contributed by atoms with van der Waals surface area (Å²) in [5.41, 5.74) is 0. The molecule has 0 nitrogen and oxygen atoms in total. The Morgan fingerprint density at radius 2 is 1.75 bits per heavy atom. The smallest absolute Gasteiger partial charge is 1.00 e. The molecule has 0 aromatic rings. The fourth-order valence-corrected chi connectivity index (χ4v) is 1.48. The molecule has 0 aromatic carbocycles. The van der Waals surface area contributed by atoms with Crippen LogP contribution in [0.2, 0.25) is 0 Å². The minimum atomic E-state index is 0. The summed E-state index contributed by atoms with van der Waals surface area (Å²) in [4.78, 5) is 0. The molecule has 0 unspecified atom stereocenters. The maximum Gasteiger partial charge on any atom is 1.00 e. The number of rotatable bonds is 5. The molecule has 0 saturated heterocycles. The molecule has 0 atom stereocenters. The van der Waals surface area contributed by atoms with Crippen LogP contribution in [0.25, 0.3) is 0 Å². The first kappa shape index (κ1) is 13.1. The first-order valence-corrected chi connectivity index (χ1v) is 4.78. The van der Waals surface area contributed by atoms with E-state index >= 15 is 0 Å². The van der Waals surface area contributed by atoms with Gasteiger partial charge in [0.15, 0.2) is 0 Å². The number of hydrogen-bond donors (Lipinski definition) is 0. The molecule has 1 aliphatic rings. The molecule has 1 rings (SSSR count). The Balaban J connectivity index is 0. The zero-order chi connectivity index (χ0) is 7.94. The molecule has 0 spiro atoms. The zero-order valence-electron chi connectivity index (χ0n) is 9.42. The monoisotopic (exact) mass is 190 g/mol. The largest absolute Gasteiger partial charge is 1.00 e. The second kappa shape index (κ2) is 8.70. The van der Waals surface area contributed by atoms with E-state index in [-0.39, 0.29) is 52.8 Å². The minimum Gasteiger partial charge on any atom is -1.00 e. The Hall–Kier alpha value is 1.12. The molecule has 0 saturated carbocycles. The molecule has 1 aliphatic carbocycles. The molecule has 0 N–H and O–H groups in total. The van der Waals surface area contributed by atoms with Crippen molar-refractivity contribution in [3.8, 4) is 0 Å². The third kappa shape index (κ3) is 5.71. The van der Waals surface area contributed by atoms with Gasteiger partial charge in [0.1, 0.15) is 0 Å². The summed E-state index contributed by atoms with van der Waals surface area (Å²) >= 11 is 0. The van der Waals surface area contributed by atoms with Crippen molar-refractivity contribution in [3.05, 3.63) is 24.3 Å². The van der Waals surface area contributed by atoms with E-state index in [4.69, 9.17) is 0 Å². The maximum atomic E-state index is 2.30. The van der Waals surface area contributed by atoms with E-state index in [0.29, 0.717) is 0 Å². The van der Waals surface area contributed by atoms with E-state index in [2.05, 4.69) is 31.2 Å². The van der Waals surface area contributed by atoms with Crippen LogP contribution in [0, 0.1) is 5.92 Å². The third-order valence-electron chi connectivity index (χ3n) is 2.22. The van der Waals surface area contributed by atoms with Crippen LogP contribution in [-0.4, -0.2) is 0 Å². The number of allylic oxidation sites excluding steroid dienone is 4. The van der Waals surface area contributed by atoms with Gasteiger partial charge in [-0.2, -0.15) is 0 Å². The normalized spacial score (nSPS) is 15.1. The first-order valence-electron chi connectivity index (χ1n) is 4.78. The van der Waals surface area contributed by atoms with Gasteiger partial charge in [0.05, 0.1) is 0 Å². The van der Waals surface area contributed by atoms with Crippen molar-refractivity contribution in [2.75, 3.05) is 0 Å². The van der Waals surface area contributed by atoms with Gasteiger partial charge in [0.25, 0.3) is 0 Å². The van der Waals surface area contributed by atoms with Crippen LogP contribution in [0.3, 0.4) is 0 Å². The fourth-order valence-electron chi connectivity index (χ4n) is 1.48. The van der Waals surface area contributed by atoms with Crippen molar-refractivity contribution in [1.82, 2.24) is 0 Å². The van der Waals surface area contributed by atoms with Gasteiger partial charge >= 0.3 is 51.4 Å². The summed E-state index contributed by atoms with van der Waals surface area (Å²) in [5.74, 6) is 0.756. The minimum absolute atomic E-state index is 0. The fraction of sp³-hybridized carbons (Fsp3) is 0.636. The molecule has 0 aliphatic heterocycles. The Kier molecular flexibility index (Phi) is 9.51. The predicted octanol–water partition coefficient (Wildman–Crippen LogP) is 0.816. The predicted molar refractivity (Wildman–Crippen MR) is 51.6 cm³/mol. The quantitative estimate of drug-likeness (QED) is 0.445. The molecule has 0 amide bonds. The van der Waals surface area contributed by atoms with Crippen molar-refractivity contribution in [2.45, 2.75) is 39.0 Å². The number of unbranched alkanes of at least 4 members (excludes halogenated alkanes) is 3. The summed E-state index contributed by atoms with van der Waals surface area (Å²) in [6.45, 7) is 2.26. The standard InChI is InChI=1S/C11H18.K.H/c1-2-3-4-5-8-11-9-6-7-10-11;;/h6-7,9-11H,2-5,8H2,1H3;;/q;+1;-1. The van der Waals surface area contributed by atoms with E-state index in [1.165, 1.54) is 32.1 Å². The van der Waals surface area contributed by atoms with Gasteiger partial charge in [-0.1, -0.05) is 56.9 Å². The van der Waals surface area contributed by atoms with Crippen molar-refractivity contribution >= 4 is 0 Å². The topological polar surface area (TPSA) is 0 Å². The van der Waals surface area contributed by atoms with Crippen LogP contribution in [0.1, 0.15) is 40.5 Å². The van der Waals surface area contributed by atoms with E-state index < -0.39 is 0 Å². The van der Waals surface area contributed by atoms with Gasteiger partial charge in [0.2, 0.25) is 0 Å². The average molecular weight is 190 g/mol. The van der Waals surface area contributed by atoms with Gasteiger partial charge in [-0.15, -0.1) is 0 Å². The van der Waals surface area contributed by atoms with Crippen LogP contribution in [-0.2, 0) is 0 Å². The molecule has 12 heavy (non-hydrogen) atoms. The van der Waals surface area contributed by atoms with Gasteiger partial charge < -0.3 is 1.43 Å². The average Bonchev–Trinajstić information content (AvgIpc) is 2.50. The second-order valence-electron chi connectivity index (χ2n) is 3.28. The van der Waals surface area contributed by atoms with Crippen molar-refractivity contribution in [2.24, 2.45) is 5.92 Å². The van der Waals surface area contributed by atoms with Crippen molar-refractivity contribution in [3.63, 3.8) is 0 Å². The van der Waals surface area contributed by atoms with Gasteiger partial charge in [0, 0.05) is 0 Å². The summed E-state index contributed by atoms with van der Waals surface area (Å²) in [6, 6.07) is 0. The molecular weight excluding hydrogens is 171 g/mol. The molecule has 0 bridgehead atoms. The van der Waals surface area contributed by atoms with Crippen LogP contribution in [0.5, 0.6) is 0 Å². The Bertz CT molecular complexity index is 140. The van der Waals surface area contributed by atoms with Crippen LogP contribution in [0.15, 0.2) is 24.3 Å². The number of hydrogen-bond acceptors (Lipinski definition) is 0. The molecule has 1 heteroatoms. The van der Waals surface area contributed by atoms with E-state index in [0.717, 1.165) is 5.92 Å². The third-order valence-corrected chi connectivity index (χ3v) is 2.22. The summed E-state index contributed by atoms with van der Waals surface area (Å²) in [7, 11) is 0. The zero-order valence-corrected chi connectivity index (χ0v) is 11.5. The summed E-state index contributed by atoms with van der Waals surface area (Å²) in [5, 5.41) is 0. The second-order valence-corrected chi connectivity index (χ2v) is 3.28. The Morgan fingerprint density at radius 1 is 1.08 bits per heavy atom. The van der Waals surface area contributed by atoms with E-state index in [1.54, 1.807) is 0 Å². The van der Waals surface area contributed by atoms with Gasteiger partial charge in [-0.05, 0) is 12.3 Å². The Morgan fingerprint density at radius 3 is 2.33 bits per heavy atom. The Labute approximate surface area is 120 Å². The summed E-state index contributed by atoms with van der Waals surface area (Å²) in [6.07, 6.45) is 15.8. The van der Waals surface area contributed by atoms with E-state index in [1.807, 2.05) is 0 Å². The molecule has 0 aromatic heterocycles. The molecule has 64 valence electrons. The van der Waals surface area contributed by atoms with Crippen LogP contribution < -0.4 is 51.4 Å². The molecular formula is C11H19K. The van der Waals surface area contributed by atoms with Gasteiger partial charge in [-0.3, -0.25) is 0 Å². The summed E-state index contributed by atoms with van der Waals surface area (Å²) < 4.78 is 0. The van der Waals surface area contributed by atoms with Crippen LogP contribution >= 0.6 is 0 Å². The molecule has 0 heterocycles. The van der Waals surface area contributed by atoms with Gasteiger partial charge in [-0.25, -0.2) is 0 Å². The van der Waals surface area contributed by atoms with Crippen molar-refractivity contribution in [1.29, 1.82) is 0 Å². The van der Waals surface area contributed by atoms with Crippen molar-refractivity contribution < 1.29 is 52.8 Å². The molecule has 0 radical (unpaired) electrons. The van der Waals surface area contributed by atoms with E-state index in [9.17, 15) is 0 Å².